The maximum Gasteiger partial charge on any atom is 0.410 e. The van der Waals surface area contributed by atoms with Gasteiger partial charge in [0.05, 0.1) is 27.0 Å². The van der Waals surface area contributed by atoms with E-state index in [-0.39, 0.29) is 35.1 Å². The zero-order chi connectivity index (χ0) is 29.2. The number of ether oxygens (including phenoxy) is 1. The van der Waals surface area contributed by atoms with Gasteiger partial charge >= 0.3 is 16.3 Å². The van der Waals surface area contributed by atoms with Gasteiger partial charge < -0.3 is 9.64 Å². The SMILES string of the molecule is CCN(C)S(=O)(=O)Nc1cccc(-c2nc(C3CCN(C(=O)OC(C)(C)C)CC3)sc2-c2ccnc(Cl)n2)c1F. The molecular weight excluding hydrogens is 579 g/mol. The van der Waals surface area contributed by atoms with Gasteiger partial charge in [0, 0.05) is 44.4 Å². The van der Waals surface area contributed by atoms with Crippen LogP contribution >= 0.6 is 22.9 Å². The normalized spacial score (nSPS) is 14.9. The molecule has 3 aromatic rings. The van der Waals surface area contributed by atoms with Crippen LogP contribution in [0, 0.1) is 5.82 Å². The van der Waals surface area contributed by atoms with Crippen molar-refractivity contribution in [2.75, 3.05) is 31.4 Å². The lowest BCUT2D eigenvalue weighted by Crippen LogP contribution is -2.41. The largest absolute Gasteiger partial charge is 0.444 e. The number of anilines is 1. The van der Waals surface area contributed by atoms with E-state index in [1.165, 1.54) is 30.6 Å². The number of nitrogens with zero attached hydrogens (tertiary/aromatic N) is 5. The molecule has 1 saturated heterocycles. The lowest BCUT2D eigenvalue weighted by atomic mass is 9.97. The topological polar surface area (TPSA) is 118 Å². The van der Waals surface area contributed by atoms with Gasteiger partial charge in [-0.2, -0.15) is 12.7 Å². The summed E-state index contributed by atoms with van der Waals surface area (Å²) in [6, 6.07) is 6.14. The second-order valence-corrected chi connectivity index (χ2v) is 13.5. The third-order valence-electron chi connectivity index (χ3n) is 6.35. The summed E-state index contributed by atoms with van der Waals surface area (Å²) in [7, 11) is -2.54. The molecule has 0 bridgehead atoms. The number of amides is 1. The first-order valence-electron chi connectivity index (χ1n) is 12.8. The van der Waals surface area contributed by atoms with Crippen molar-refractivity contribution < 1.29 is 22.3 Å². The number of piperidine rings is 1. The maximum atomic E-state index is 15.9. The average molecular weight is 611 g/mol. The van der Waals surface area contributed by atoms with Gasteiger partial charge in [-0.25, -0.2) is 24.1 Å². The fraction of sp³-hybridized carbons (Fsp3) is 0.462. The molecule has 0 radical (unpaired) electrons. The lowest BCUT2D eigenvalue weighted by molar-refractivity contribution is 0.0204. The van der Waals surface area contributed by atoms with Crippen molar-refractivity contribution in [3.05, 3.63) is 46.6 Å². The van der Waals surface area contributed by atoms with Crippen LogP contribution in [0.5, 0.6) is 0 Å². The highest BCUT2D eigenvalue weighted by Crippen LogP contribution is 2.42. The Morgan fingerprint density at radius 3 is 2.58 bits per heavy atom. The van der Waals surface area contributed by atoms with Crippen LogP contribution in [0.3, 0.4) is 0 Å². The number of aromatic nitrogens is 3. The van der Waals surface area contributed by atoms with Crippen LogP contribution in [-0.4, -0.2) is 71.0 Å². The van der Waals surface area contributed by atoms with Crippen LogP contribution < -0.4 is 4.72 Å². The zero-order valence-corrected chi connectivity index (χ0v) is 25.3. The predicted octanol–water partition coefficient (Wildman–Crippen LogP) is 5.78. The molecule has 10 nitrogen and oxygen atoms in total. The molecule has 216 valence electrons. The number of hydrogen-bond donors (Lipinski definition) is 1. The number of likely N-dealkylation sites (tertiary alicyclic amines) is 1. The Kier molecular flexibility index (Phi) is 8.98. The number of nitrogens with one attached hydrogen (secondary N) is 1. The number of halogens is 2. The van der Waals surface area contributed by atoms with Gasteiger partial charge in [-0.05, 0) is 63.4 Å². The molecule has 1 aliphatic rings. The van der Waals surface area contributed by atoms with Gasteiger partial charge in [-0.3, -0.25) is 4.72 Å². The monoisotopic (exact) mass is 610 g/mol. The Morgan fingerprint density at radius 1 is 1.25 bits per heavy atom. The number of thiazole rings is 1. The zero-order valence-electron chi connectivity index (χ0n) is 22.9. The van der Waals surface area contributed by atoms with Crippen molar-refractivity contribution in [2.45, 2.75) is 52.1 Å². The van der Waals surface area contributed by atoms with Crippen LogP contribution in [0.25, 0.3) is 21.8 Å². The molecular formula is C26H32ClFN6O4S2. The summed E-state index contributed by atoms with van der Waals surface area (Å²) in [6.45, 7) is 8.39. The third-order valence-corrected chi connectivity index (χ3v) is 9.33. The molecule has 0 spiro atoms. The van der Waals surface area contributed by atoms with Gasteiger partial charge in [0.25, 0.3) is 0 Å². The number of benzene rings is 1. The molecule has 3 heterocycles. The van der Waals surface area contributed by atoms with Crippen molar-refractivity contribution in [2.24, 2.45) is 0 Å². The van der Waals surface area contributed by atoms with Gasteiger partial charge in [-0.15, -0.1) is 11.3 Å². The van der Waals surface area contributed by atoms with Gasteiger partial charge in [0.15, 0.2) is 5.82 Å². The fourth-order valence-electron chi connectivity index (χ4n) is 4.14. The first-order valence-corrected chi connectivity index (χ1v) is 15.4. The highest BCUT2D eigenvalue weighted by Gasteiger charge is 2.31. The van der Waals surface area contributed by atoms with Crippen molar-refractivity contribution in [1.29, 1.82) is 0 Å². The van der Waals surface area contributed by atoms with E-state index >= 15 is 4.39 Å². The second kappa shape index (κ2) is 11.9. The summed E-state index contributed by atoms with van der Waals surface area (Å²) in [5.74, 6) is -0.731. The molecule has 0 saturated carbocycles. The van der Waals surface area contributed by atoms with Crippen LogP contribution in [0.1, 0.15) is 51.5 Å². The summed E-state index contributed by atoms with van der Waals surface area (Å²) in [5, 5.41) is 0.799. The molecule has 1 N–H and O–H groups in total. The second-order valence-electron chi connectivity index (χ2n) is 10.4. The minimum Gasteiger partial charge on any atom is -0.444 e. The summed E-state index contributed by atoms with van der Waals surface area (Å²) in [5.41, 5.74) is 0.153. The van der Waals surface area contributed by atoms with Crippen LogP contribution in [0.2, 0.25) is 5.28 Å². The van der Waals surface area contributed by atoms with E-state index < -0.39 is 21.6 Å². The van der Waals surface area contributed by atoms with E-state index in [4.69, 9.17) is 21.3 Å². The molecule has 4 rings (SSSR count). The van der Waals surface area contributed by atoms with E-state index in [0.717, 1.165) is 9.31 Å². The van der Waals surface area contributed by atoms with Crippen molar-refractivity contribution in [1.82, 2.24) is 24.2 Å². The minimum absolute atomic E-state index is 0.0245. The van der Waals surface area contributed by atoms with Gasteiger partial charge in [0.1, 0.15) is 5.60 Å². The average Bonchev–Trinajstić information content (AvgIpc) is 3.33. The molecule has 1 aromatic carbocycles. The summed E-state index contributed by atoms with van der Waals surface area (Å²) in [4.78, 5) is 27.9. The van der Waals surface area contributed by atoms with Crippen LogP contribution in [0.4, 0.5) is 14.9 Å². The van der Waals surface area contributed by atoms with Crippen LogP contribution in [-0.2, 0) is 14.9 Å². The summed E-state index contributed by atoms with van der Waals surface area (Å²) < 4.78 is 49.9. The van der Waals surface area contributed by atoms with E-state index in [1.807, 2.05) is 20.8 Å². The summed E-state index contributed by atoms with van der Waals surface area (Å²) >= 11 is 7.44. The van der Waals surface area contributed by atoms with Crippen LogP contribution in [0.15, 0.2) is 30.5 Å². The first-order chi connectivity index (χ1) is 18.8. The van der Waals surface area contributed by atoms with Crippen molar-refractivity contribution in [3.8, 4) is 21.8 Å². The van der Waals surface area contributed by atoms with Gasteiger partial charge in [0.2, 0.25) is 5.28 Å². The molecule has 40 heavy (non-hydrogen) atoms. The predicted molar refractivity (Wildman–Crippen MR) is 154 cm³/mol. The number of rotatable bonds is 7. The molecule has 0 atom stereocenters. The minimum atomic E-state index is -3.94. The number of hydrogen-bond acceptors (Lipinski definition) is 8. The Morgan fingerprint density at radius 2 is 1.95 bits per heavy atom. The van der Waals surface area contributed by atoms with Gasteiger partial charge in [-0.1, -0.05) is 13.0 Å². The smallest absolute Gasteiger partial charge is 0.410 e. The summed E-state index contributed by atoms with van der Waals surface area (Å²) in [6.07, 6.45) is 2.47. The molecule has 1 fully saturated rings. The standard InChI is InChI=1S/C26H32ClFN6O4S2/c1-6-33(5)40(36,37)32-18-9-7-8-17(20(18)28)21-22(19-10-13-29-24(27)30-19)39-23(31-21)16-11-14-34(15-12-16)25(35)38-26(2,3)4/h7-10,13,16,32H,6,11-12,14-15H2,1-5H3. The molecule has 1 aliphatic heterocycles. The first kappa shape index (κ1) is 30.1. The Bertz CT molecular complexity index is 1490. The Balaban J connectivity index is 1.69. The van der Waals surface area contributed by atoms with Crippen molar-refractivity contribution >= 4 is 44.9 Å². The van der Waals surface area contributed by atoms with E-state index in [2.05, 4.69) is 14.7 Å². The van der Waals surface area contributed by atoms with Crippen molar-refractivity contribution in [3.63, 3.8) is 0 Å². The quantitative estimate of drug-likeness (QED) is 0.337. The molecule has 2 aromatic heterocycles. The molecule has 14 heteroatoms. The molecule has 0 unspecified atom stereocenters. The highest BCUT2D eigenvalue weighted by atomic mass is 35.5. The number of carbonyl (C=O) groups excluding carboxylic acids is 1. The number of carbonyl (C=O) groups is 1. The Labute approximate surface area is 242 Å². The molecule has 0 aliphatic carbocycles. The maximum absolute atomic E-state index is 15.9. The third kappa shape index (κ3) is 6.88. The fourth-order valence-corrected chi connectivity index (χ4v) is 6.44. The molecule has 1 amide bonds. The lowest BCUT2D eigenvalue weighted by Gasteiger charge is -2.32. The van der Waals surface area contributed by atoms with E-state index in [1.54, 1.807) is 30.0 Å². The Hall–Kier alpha value is -2.87. The van der Waals surface area contributed by atoms with E-state index in [9.17, 15) is 13.2 Å². The van der Waals surface area contributed by atoms with E-state index in [0.29, 0.717) is 42.2 Å². The highest BCUT2D eigenvalue weighted by molar-refractivity contribution is 7.90.